The Morgan fingerprint density at radius 3 is 2.56 bits per heavy atom. The third-order valence-corrected chi connectivity index (χ3v) is 2.45. The molecule has 0 aliphatic carbocycles. The summed E-state index contributed by atoms with van der Waals surface area (Å²) >= 11 is 0. The Morgan fingerprint density at radius 2 is 2.00 bits per heavy atom. The van der Waals surface area contributed by atoms with Gasteiger partial charge in [-0.15, -0.1) is 0 Å². The van der Waals surface area contributed by atoms with Gasteiger partial charge in [0.2, 0.25) is 0 Å². The molecule has 0 atom stereocenters. The first kappa shape index (κ1) is 12.3. The van der Waals surface area contributed by atoms with Crippen molar-refractivity contribution in [3.05, 3.63) is 42.0 Å². The number of carboxylic acid groups (broad SMARTS) is 1. The quantitative estimate of drug-likeness (QED) is 0.774. The molecule has 0 spiro atoms. The topological polar surface area (TPSA) is 40.5 Å². The molecule has 0 unspecified atom stereocenters. The van der Waals surface area contributed by atoms with E-state index in [1.54, 1.807) is 13.0 Å². The Hall–Kier alpha value is -1.77. The molecule has 0 saturated heterocycles. The molecule has 0 fully saturated rings. The zero-order chi connectivity index (χ0) is 12.0. The van der Waals surface area contributed by atoms with E-state index in [9.17, 15) is 4.79 Å². The molecular formula is C13H17NO2. The summed E-state index contributed by atoms with van der Waals surface area (Å²) in [4.78, 5) is 12.7. The average molecular weight is 219 g/mol. The van der Waals surface area contributed by atoms with Gasteiger partial charge in [0.15, 0.2) is 0 Å². The van der Waals surface area contributed by atoms with Gasteiger partial charge in [0.1, 0.15) is 0 Å². The summed E-state index contributed by atoms with van der Waals surface area (Å²) in [5.41, 5.74) is 1.55. The van der Waals surface area contributed by atoms with Crippen LogP contribution in [-0.2, 0) is 4.79 Å². The molecule has 0 heterocycles. The van der Waals surface area contributed by atoms with Gasteiger partial charge in [0.05, 0.1) is 0 Å². The third-order valence-electron chi connectivity index (χ3n) is 2.45. The van der Waals surface area contributed by atoms with Gasteiger partial charge in [-0.2, -0.15) is 0 Å². The molecule has 1 aromatic rings. The molecule has 1 aromatic carbocycles. The molecule has 0 aromatic heterocycles. The number of nitrogens with zero attached hydrogens (tertiary/aromatic N) is 1. The molecule has 86 valence electrons. The summed E-state index contributed by atoms with van der Waals surface area (Å²) in [6.07, 6.45) is 2.49. The minimum atomic E-state index is -0.845. The van der Waals surface area contributed by atoms with E-state index in [1.165, 1.54) is 0 Å². The van der Waals surface area contributed by atoms with E-state index in [0.717, 1.165) is 18.7 Å². The normalized spacial score (nSPS) is 11.2. The number of para-hydroxylation sites is 1. The minimum Gasteiger partial charge on any atom is -0.478 e. The van der Waals surface area contributed by atoms with E-state index >= 15 is 0 Å². The smallest absolute Gasteiger partial charge is 0.330 e. The second-order valence-corrected chi connectivity index (χ2v) is 3.74. The molecule has 0 aliphatic rings. The van der Waals surface area contributed by atoms with Crippen LogP contribution in [0.3, 0.4) is 0 Å². The van der Waals surface area contributed by atoms with Gasteiger partial charge < -0.3 is 10.0 Å². The molecule has 0 radical (unpaired) electrons. The highest BCUT2D eigenvalue weighted by Gasteiger charge is 2.00. The van der Waals surface area contributed by atoms with Gasteiger partial charge in [-0.3, -0.25) is 0 Å². The van der Waals surface area contributed by atoms with E-state index in [-0.39, 0.29) is 0 Å². The maximum Gasteiger partial charge on any atom is 0.330 e. The zero-order valence-corrected chi connectivity index (χ0v) is 9.68. The van der Waals surface area contributed by atoms with Crippen LogP contribution in [0.4, 0.5) is 5.69 Å². The van der Waals surface area contributed by atoms with Crippen LogP contribution < -0.4 is 4.90 Å². The first-order valence-electron chi connectivity index (χ1n) is 5.27. The standard InChI is InChI=1S/C13H17NO2/c1-11(13(15)16)7-6-10-14(2)12-8-4-3-5-9-12/h3-5,7-9H,6,10H2,1-2H3,(H,15,16). The summed E-state index contributed by atoms with van der Waals surface area (Å²) in [6.45, 7) is 2.43. The van der Waals surface area contributed by atoms with Crippen LogP contribution in [0.5, 0.6) is 0 Å². The molecule has 16 heavy (non-hydrogen) atoms. The van der Waals surface area contributed by atoms with Crippen molar-refractivity contribution in [1.82, 2.24) is 0 Å². The van der Waals surface area contributed by atoms with Gasteiger partial charge in [-0.1, -0.05) is 24.3 Å². The summed E-state index contributed by atoms with van der Waals surface area (Å²) in [5, 5.41) is 8.68. The van der Waals surface area contributed by atoms with Crippen LogP contribution in [0, 0.1) is 0 Å². The van der Waals surface area contributed by atoms with Crippen LogP contribution in [0.2, 0.25) is 0 Å². The number of hydrogen-bond donors (Lipinski definition) is 1. The Balaban J connectivity index is 2.45. The average Bonchev–Trinajstić information content (AvgIpc) is 2.29. The number of anilines is 1. The lowest BCUT2D eigenvalue weighted by Crippen LogP contribution is -2.17. The van der Waals surface area contributed by atoms with E-state index in [2.05, 4.69) is 4.90 Å². The van der Waals surface area contributed by atoms with Crippen molar-refractivity contribution < 1.29 is 9.90 Å². The molecular weight excluding hydrogens is 202 g/mol. The lowest BCUT2D eigenvalue weighted by atomic mass is 10.2. The second-order valence-electron chi connectivity index (χ2n) is 3.74. The fourth-order valence-electron chi connectivity index (χ4n) is 1.37. The third kappa shape index (κ3) is 3.77. The first-order valence-corrected chi connectivity index (χ1v) is 5.27. The number of rotatable bonds is 5. The number of carbonyl (C=O) groups is 1. The van der Waals surface area contributed by atoms with Gasteiger partial charge >= 0.3 is 5.97 Å². The van der Waals surface area contributed by atoms with Crippen LogP contribution >= 0.6 is 0 Å². The largest absolute Gasteiger partial charge is 0.478 e. The lowest BCUT2D eigenvalue weighted by Gasteiger charge is -2.18. The molecule has 1 rings (SSSR count). The maximum absolute atomic E-state index is 10.6. The number of hydrogen-bond acceptors (Lipinski definition) is 2. The summed E-state index contributed by atoms with van der Waals surface area (Å²) in [5.74, 6) is -0.845. The molecule has 0 aliphatic heterocycles. The van der Waals surface area contributed by atoms with Crippen LogP contribution in [0.1, 0.15) is 13.3 Å². The van der Waals surface area contributed by atoms with E-state index < -0.39 is 5.97 Å². The Bertz CT molecular complexity index is 371. The van der Waals surface area contributed by atoms with Crippen molar-refractivity contribution >= 4 is 11.7 Å². The van der Waals surface area contributed by atoms with Crippen LogP contribution in [0.15, 0.2) is 42.0 Å². The monoisotopic (exact) mass is 219 g/mol. The minimum absolute atomic E-state index is 0.404. The highest BCUT2D eigenvalue weighted by molar-refractivity contribution is 5.85. The molecule has 0 saturated carbocycles. The predicted octanol–water partition coefficient (Wildman–Crippen LogP) is 2.54. The highest BCUT2D eigenvalue weighted by atomic mass is 16.4. The number of carboxylic acids is 1. The lowest BCUT2D eigenvalue weighted by molar-refractivity contribution is -0.132. The van der Waals surface area contributed by atoms with Crippen molar-refractivity contribution in [2.24, 2.45) is 0 Å². The van der Waals surface area contributed by atoms with Crippen molar-refractivity contribution in [2.45, 2.75) is 13.3 Å². The SMILES string of the molecule is CC(=CCCN(C)c1ccccc1)C(=O)O. The molecule has 0 amide bonds. The van der Waals surface area contributed by atoms with Crippen molar-refractivity contribution in [1.29, 1.82) is 0 Å². The van der Waals surface area contributed by atoms with E-state index in [1.807, 2.05) is 37.4 Å². The van der Waals surface area contributed by atoms with Crippen LogP contribution in [0.25, 0.3) is 0 Å². The zero-order valence-electron chi connectivity index (χ0n) is 9.68. The second kappa shape index (κ2) is 5.95. The molecule has 3 nitrogen and oxygen atoms in total. The van der Waals surface area contributed by atoms with Gasteiger partial charge in [-0.05, 0) is 25.5 Å². The predicted molar refractivity (Wildman–Crippen MR) is 65.7 cm³/mol. The van der Waals surface area contributed by atoms with E-state index in [0.29, 0.717) is 5.57 Å². The summed E-state index contributed by atoms with van der Waals surface area (Å²) < 4.78 is 0. The van der Waals surface area contributed by atoms with Gasteiger partial charge in [-0.25, -0.2) is 4.79 Å². The fourth-order valence-corrected chi connectivity index (χ4v) is 1.37. The number of benzene rings is 1. The summed E-state index contributed by atoms with van der Waals surface area (Å²) in [7, 11) is 2.00. The summed E-state index contributed by atoms with van der Waals surface area (Å²) in [6, 6.07) is 10.0. The van der Waals surface area contributed by atoms with Crippen molar-refractivity contribution in [3.63, 3.8) is 0 Å². The first-order chi connectivity index (χ1) is 7.61. The number of aliphatic carboxylic acids is 1. The van der Waals surface area contributed by atoms with Gasteiger partial charge in [0.25, 0.3) is 0 Å². The maximum atomic E-state index is 10.6. The Kier molecular flexibility index (Phi) is 4.58. The van der Waals surface area contributed by atoms with Crippen molar-refractivity contribution in [2.75, 3.05) is 18.5 Å². The fraction of sp³-hybridized carbons (Fsp3) is 0.308. The highest BCUT2D eigenvalue weighted by Crippen LogP contribution is 2.11. The Morgan fingerprint density at radius 1 is 1.38 bits per heavy atom. The molecule has 1 N–H and O–H groups in total. The van der Waals surface area contributed by atoms with Crippen LogP contribution in [-0.4, -0.2) is 24.7 Å². The van der Waals surface area contributed by atoms with Crippen molar-refractivity contribution in [3.8, 4) is 0 Å². The van der Waals surface area contributed by atoms with E-state index in [4.69, 9.17) is 5.11 Å². The molecule has 3 heteroatoms. The Labute approximate surface area is 96.0 Å². The van der Waals surface area contributed by atoms with Gasteiger partial charge in [0, 0.05) is 24.9 Å². The molecule has 0 bridgehead atoms.